The van der Waals surface area contributed by atoms with E-state index in [0.717, 1.165) is 19.6 Å². The Morgan fingerprint density at radius 2 is 2.25 bits per heavy atom. The Morgan fingerprint density at radius 1 is 1.40 bits per heavy atom. The summed E-state index contributed by atoms with van der Waals surface area (Å²) in [5, 5.41) is 7.02. The number of nitrogens with one attached hydrogen (secondary N) is 2. The highest BCUT2D eigenvalue weighted by atomic mass is 35.5. The lowest BCUT2D eigenvalue weighted by atomic mass is 9.94. The zero-order valence-corrected chi connectivity index (χ0v) is 12.2. The van der Waals surface area contributed by atoms with Gasteiger partial charge in [-0.25, -0.2) is 0 Å². The number of piperidine rings is 1. The summed E-state index contributed by atoms with van der Waals surface area (Å²) in [5.41, 5.74) is 0.689. The SMILES string of the molecule is O=C(CN1CC2CCCNC2C1)Nc1ccccc1Cl. The van der Waals surface area contributed by atoms with Gasteiger partial charge in [0.25, 0.3) is 0 Å². The highest BCUT2D eigenvalue weighted by molar-refractivity contribution is 6.33. The van der Waals surface area contributed by atoms with Gasteiger partial charge in [-0.15, -0.1) is 0 Å². The molecule has 2 heterocycles. The van der Waals surface area contributed by atoms with E-state index in [0.29, 0.717) is 29.2 Å². The molecule has 3 rings (SSSR count). The first-order valence-corrected chi connectivity index (χ1v) is 7.60. The summed E-state index contributed by atoms with van der Waals surface area (Å²) < 4.78 is 0. The lowest BCUT2D eigenvalue weighted by molar-refractivity contribution is -0.117. The minimum atomic E-state index is 0.0109. The quantitative estimate of drug-likeness (QED) is 0.895. The summed E-state index contributed by atoms with van der Waals surface area (Å²) >= 11 is 6.05. The van der Waals surface area contributed by atoms with Crippen LogP contribution in [-0.4, -0.2) is 43.0 Å². The number of carbonyl (C=O) groups excluding carboxylic acids is 1. The molecule has 108 valence electrons. The minimum Gasteiger partial charge on any atom is -0.324 e. The summed E-state index contributed by atoms with van der Waals surface area (Å²) in [7, 11) is 0. The fourth-order valence-corrected chi connectivity index (χ4v) is 3.40. The Hall–Kier alpha value is -1.10. The lowest BCUT2D eigenvalue weighted by Crippen LogP contribution is -2.41. The van der Waals surface area contributed by atoms with Crippen LogP contribution in [0.25, 0.3) is 0 Å². The fraction of sp³-hybridized carbons (Fsp3) is 0.533. The van der Waals surface area contributed by atoms with Crippen molar-refractivity contribution in [3.05, 3.63) is 29.3 Å². The van der Waals surface area contributed by atoms with Crippen LogP contribution in [0.2, 0.25) is 5.02 Å². The molecule has 0 bridgehead atoms. The normalized spacial score (nSPS) is 26.2. The number of benzene rings is 1. The molecule has 0 aliphatic carbocycles. The van der Waals surface area contributed by atoms with E-state index in [1.165, 1.54) is 12.8 Å². The van der Waals surface area contributed by atoms with Crippen LogP contribution in [0.5, 0.6) is 0 Å². The van der Waals surface area contributed by atoms with Gasteiger partial charge in [0.05, 0.1) is 17.3 Å². The van der Waals surface area contributed by atoms with Gasteiger partial charge in [-0.2, -0.15) is 0 Å². The van der Waals surface area contributed by atoms with Crippen LogP contribution in [0.3, 0.4) is 0 Å². The number of likely N-dealkylation sites (tertiary alicyclic amines) is 1. The van der Waals surface area contributed by atoms with Crippen molar-refractivity contribution < 1.29 is 4.79 Å². The summed E-state index contributed by atoms with van der Waals surface area (Å²) in [6.07, 6.45) is 2.53. The maximum Gasteiger partial charge on any atom is 0.238 e. The topological polar surface area (TPSA) is 44.4 Å². The third-order valence-electron chi connectivity index (χ3n) is 4.19. The smallest absolute Gasteiger partial charge is 0.238 e. The molecular weight excluding hydrogens is 274 g/mol. The average Bonchev–Trinajstić information content (AvgIpc) is 2.83. The molecule has 2 N–H and O–H groups in total. The number of para-hydroxylation sites is 1. The Bertz CT molecular complexity index is 480. The summed E-state index contributed by atoms with van der Waals surface area (Å²) in [5.74, 6) is 0.716. The number of anilines is 1. The summed E-state index contributed by atoms with van der Waals surface area (Å²) in [6, 6.07) is 7.90. The van der Waals surface area contributed by atoms with Gasteiger partial charge in [0.15, 0.2) is 0 Å². The molecule has 4 nitrogen and oxygen atoms in total. The second-order valence-corrected chi connectivity index (χ2v) is 6.09. The third kappa shape index (κ3) is 3.14. The zero-order chi connectivity index (χ0) is 13.9. The van der Waals surface area contributed by atoms with Crippen molar-refractivity contribution in [3.8, 4) is 0 Å². The van der Waals surface area contributed by atoms with Crippen molar-refractivity contribution in [1.29, 1.82) is 0 Å². The Morgan fingerprint density at radius 3 is 3.05 bits per heavy atom. The van der Waals surface area contributed by atoms with E-state index in [4.69, 9.17) is 11.6 Å². The first kappa shape index (κ1) is 13.9. The monoisotopic (exact) mass is 293 g/mol. The number of hydrogen-bond donors (Lipinski definition) is 2. The van der Waals surface area contributed by atoms with Gasteiger partial charge in [-0.05, 0) is 37.4 Å². The van der Waals surface area contributed by atoms with Crippen LogP contribution in [0.1, 0.15) is 12.8 Å². The van der Waals surface area contributed by atoms with E-state index in [-0.39, 0.29) is 5.91 Å². The molecule has 1 aromatic carbocycles. The second-order valence-electron chi connectivity index (χ2n) is 5.69. The van der Waals surface area contributed by atoms with Gasteiger partial charge in [0.1, 0.15) is 0 Å². The predicted molar refractivity (Wildman–Crippen MR) is 81.0 cm³/mol. The number of carbonyl (C=O) groups is 1. The van der Waals surface area contributed by atoms with Crippen molar-refractivity contribution in [1.82, 2.24) is 10.2 Å². The molecule has 20 heavy (non-hydrogen) atoms. The number of fused-ring (bicyclic) bond motifs is 1. The van der Waals surface area contributed by atoms with E-state index in [2.05, 4.69) is 15.5 Å². The number of halogens is 1. The van der Waals surface area contributed by atoms with Crippen molar-refractivity contribution in [2.24, 2.45) is 5.92 Å². The second kappa shape index (κ2) is 6.12. The van der Waals surface area contributed by atoms with Gasteiger partial charge >= 0.3 is 0 Å². The zero-order valence-electron chi connectivity index (χ0n) is 11.4. The van der Waals surface area contributed by atoms with Crippen LogP contribution in [0, 0.1) is 5.92 Å². The molecule has 1 aromatic rings. The van der Waals surface area contributed by atoms with E-state index in [9.17, 15) is 4.79 Å². The fourth-order valence-electron chi connectivity index (χ4n) is 3.22. The molecule has 2 fully saturated rings. The highest BCUT2D eigenvalue weighted by Gasteiger charge is 2.34. The lowest BCUT2D eigenvalue weighted by Gasteiger charge is -2.24. The van der Waals surface area contributed by atoms with E-state index < -0.39 is 0 Å². The van der Waals surface area contributed by atoms with E-state index in [1.807, 2.05) is 18.2 Å². The minimum absolute atomic E-state index is 0.0109. The van der Waals surface area contributed by atoms with Crippen LogP contribution < -0.4 is 10.6 Å². The van der Waals surface area contributed by atoms with Crippen molar-refractivity contribution >= 4 is 23.2 Å². The largest absolute Gasteiger partial charge is 0.324 e. The van der Waals surface area contributed by atoms with Crippen molar-refractivity contribution in [3.63, 3.8) is 0 Å². The van der Waals surface area contributed by atoms with Gasteiger partial charge < -0.3 is 10.6 Å². The average molecular weight is 294 g/mol. The first-order valence-electron chi connectivity index (χ1n) is 7.22. The molecule has 0 radical (unpaired) electrons. The van der Waals surface area contributed by atoms with Gasteiger partial charge in [-0.1, -0.05) is 23.7 Å². The van der Waals surface area contributed by atoms with E-state index in [1.54, 1.807) is 6.07 Å². The number of hydrogen-bond acceptors (Lipinski definition) is 3. The molecule has 0 aromatic heterocycles. The van der Waals surface area contributed by atoms with E-state index >= 15 is 0 Å². The van der Waals surface area contributed by atoms with Crippen LogP contribution in [0.4, 0.5) is 5.69 Å². The van der Waals surface area contributed by atoms with Gasteiger partial charge in [-0.3, -0.25) is 9.69 Å². The molecule has 2 aliphatic rings. The standard InChI is InChI=1S/C15H20ClN3O/c16-12-5-1-2-6-13(12)18-15(20)10-19-8-11-4-3-7-17-14(11)9-19/h1-2,5-6,11,14,17H,3-4,7-10H2,(H,18,20). The predicted octanol–water partition coefficient (Wildman–Crippen LogP) is 1.96. The molecular formula is C15H20ClN3O. The molecule has 2 aliphatic heterocycles. The molecule has 5 heteroatoms. The van der Waals surface area contributed by atoms with Gasteiger partial charge in [0, 0.05) is 19.1 Å². The molecule has 2 saturated heterocycles. The van der Waals surface area contributed by atoms with Crippen molar-refractivity contribution in [2.45, 2.75) is 18.9 Å². The molecule has 0 saturated carbocycles. The molecule has 2 atom stereocenters. The Kier molecular flexibility index (Phi) is 4.24. The Balaban J connectivity index is 1.53. The number of rotatable bonds is 3. The molecule has 1 amide bonds. The maximum atomic E-state index is 12.1. The van der Waals surface area contributed by atoms with Crippen LogP contribution in [-0.2, 0) is 4.79 Å². The maximum absolute atomic E-state index is 12.1. The molecule has 0 spiro atoms. The van der Waals surface area contributed by atoms with Crippen molar-refractivity contribution in [2.75, 3.05) is 31.5 Å². The van der Waals surface area contributed by atoms with Crippen LogP contribution >= 0.6 is 11.6 Å². The number of amides is 1. The summed E-state index contributed by atoms with van der Waals surface area (Å²) in [6.45, 7) is 3.55. The van der Waals surface area contributed by atoms with Crippen LogP contribution in [0.15, 0.2) is 24.3 Å². The Labute approximate surface area is 124 Å². The first-order chi connectivity index (χ1) is 9.72. The summed E-state index contributed by atoms with van der Waals surface area (Å²) in [4.78, 5) is 14.3. The third-order valence-corrected chi connectivity index (χ3v) is 4.52. The number of nitrogens with zero attached hydrogens (tertiary/aromatic N) is 1. The highest BCUT2D eigenvalue weighted by Crippen LogP contribution is 2.25. The van der Waals surface area contributed by atoms with Gasteiger partial charge in [0.2, 0.25) is 5.91 Å². The molecule has 2 unspecified atom stereocenters.